The van der Waals surface area contributed by atoms with Crippen LogP contribution < -0.4 is 15.4 Å². The Bertz CT molecular complexity index is 745. The van der Waals surface area contributed by atoms with E-state index in [1.54, 1.807) is 7.05 Å². The number of nitrogens with zero attached hydrogens (tertiary/aromatic N) is 2. The molecule has 0 bridgehead atoms. The lowest BCUT2D eigenvalue weighted by Crippen LogP contribution is -2.38. The van der Waals surface area contributed by atoms with Gasteiger partial charge in [-0.2, -0.15) is 13.2 Å². The average Bonchev–Trinajstić information content (AvgIpc) is 3.05. The normalized spacial score (nSPS) is 11.7. The van der Waals surface area contributed by atoms with Crippen molar-refractivity contribution in [2.45, 2.75) is 26.6 Å². The zero-order chi connectivity index (χ0) is 19.2. The summed E-state index contributed by atoms with van der Waals surface area (Å²) in [6.07, 6.45) is -4.42. The number of benzene rings is 1. The Balaban J connectivity index is 0.00000364. The Morgan fingerprint density at radius 1 is 1.22 bits per heavy atom. The summed E-state index contributed by atoms with van der Waals surface area (Å²) in [5, 5.41) is 7.34. The lowest BCUT2D eigenvalue weighted by atomic mass is 10.1. The Hall–Kier alpha value is -1.56. The van der Waals surface area contributed by atoms with E-state index in [9.17, 15) is 13.2 Å². The number of guanidine groups is 1. The van der Waals surface area contributed by atoms with Crippen molar-refractivity contribution in [3.63, 3.8) is 0 Å². The van der Waals surface area contributed by atoms with E-state index in [1.807, 2.05) is 32.0 Å². The second-order valence-corrected chi connectivity index (χ2v) is 6.49. The molecule has 0 atom stereocenters. The Morgan fingerprint density at radius 2 is 1.89 bits per heavy atom. The number of aryl methyl sites for hydroxylation is 2. The van der Waals surface area contributed by atoms with Crippen molar-refractivity contribution < 1.29 is 17.9 Å². The van der Waals surface area contributed by atoms with Crippen molar-refractivity contribution >= 4 is 41.3 Å². The molecule has 0 unspecified atom stereocenters. The number of aliphatic imine (C=N–C) groups is 1. The minimum atomic E-state index is -4.42. The van der Waals surface area contributed by atoms with E-state index in [0.717, 1.165) is 33.6 Å². The predicted molar refractivity (Wildman–Crippen MR) is 112 cm³/mol. The summed E-state index contributed by atoms with van der Waals surface area (Å²) >= 11 is 0.957. The molecule has 2 aromatic rings. The number of rotatable bonds is 6. The topological polar surface area (TPSA) is 58.5 Å². The first kappa shape index (κ1) is 23.5. The van der Waals surface area contributed by atoms with Crippen molar-refractivity contribution in [3.8, 4) is 5.75 Å². The van der Waals surface area contributed by atoms with Crippen LogP contribution in [-0.4, -0.2) is 31.1 Å². The summed E-state index contributed by atoms with van der Waals surface area (Å²) in [5.41, 5.74) is 1.26. The van der Waals surface area contributed by atoms with Gasteiger partial charge in [-0.3, -0.25) is 4.99 Å². The molecule has 150 valence electrons. The molecule has 2 N–H and O–H groups in total. The van der Waals surface area contributed by atoms with Gasteiger partial charge in [-0.05, 0) is 25.0 Å². The maximum Gasteiger partial charge on any atom is 0.434 e. The Labute approximate surface area is 177 Å². The zero-order valence-corrected chi connectivity index (χ0v) is 18.3. The van der Waals surface area contributed by atoms with Crippen LogP contribution in [0.3, 0.4) is 0 Å². The predicted octanol–water partition coefficient (Wildman–Crippen LogP) is 4.14. The molecule has 10 heteroatoms. The summed E-state index contributed by atoms with van der Waals surface area (Å²) in [4.78, 5) is 7.60. The first-order valence-corrected chi connectivity index (χ1v) is 8.84. The van der Waals surface area contributed by atoms with Gasteiger partial charge in [0.2, 0.25) is 0 Å². The van der Waals surface area contributed by atoms with Crippen molar-refractivity contribution in [3.05, 3.63) is 45.4 Å². The number of aromatic nitrogens is 1. The molecule has 1 aromatic heterocycles. The first-order valence-electron chi connectivity index (χ1n) is 7.96. The summed E-state index contributed by atoms with van der Waals surface area (Å²) in [6, 6.07) is 5.95. The number of alkyl halides is 3. The molecule has 27 heavy (non-hydrogen) atoms. The third-order valence-electron chi connectivity index (χ3n) is 3.52. The molecule has 0 spiro atoms. The second kappa shape index (κ2) is 10.7. The van der Waals surface area contributed by atoms with E-state index in [4.69, 9.17) is 4.74 Å². The minimum absolute atomic E-state index is 0. The highest BCUT2D eigenvalue weighted by Gasteiger charge is 2.33. The Morgan fingerprint density at radius 3 is 2.44 bits per heavy atom. The van der Waals surface area contributed by atoms with Gasteiger partial charge in [0.1, 0.15) is 17.4 Å². The SMILES string of the molecule is CN=C(NCCOc1c(C)cccc1C)NCc1nc(C(F)(F)F)cs1.I. The number of para-hydroxylation sites is 1. The van der Waals surface area contributed by atoms with Crippen LogP contribution in [-0.2, 0) is 12.7 Å². The molecule has 0 aliphatic rings. The van der Waals surface area contributed by atoms with E-state index in [1.165, 1.54) is 0 Å². The van der Waals surface area contributed by atoms with E-state index < -0.39 is 11.9 Å². The number of hydrogen-bond donors (Lipinski definition) is 2. The number of thiazole rings is 1. The van der Waals surface area contributed by atoms with E-state index >= 15 is 0 Å². The summed E-state index contributed by atoms with van der Waals surface area (Å²) in [7, 11) is 1.59. The van der Waals surface area contributed by atoms with Crippen molar-refractivity contribution in [2.24, 2.45) is 4.99 Å². The van der Waals surface area contributed by atoms with Gasteiger partial charge in [0.05, 0.1) is 13.1 Å². The van der Waals surface area contributed by atoms with Gasteiger partial charge < -0.3 is 15.4 Å². The van der Waals surface area contributed by atoms with Crippen LogP contribution in [0, 0.1) is 13.8 Å². The van der Waals surface area contributed by atoms with Crippen molar-refractivity contribution in [2.75, 3.05) is 20.2 Å². The molecular formula is C17H22F3IN4OS. The third kappa shape index (κ3) is 7.17. The van der Waals surface area contributed by atoms with Crippen LogP contribution in [0.25, 0.3) is 0 Å². The number of halogens is 4. The Kier molecular flexibility index (Phi) is 9.30. The molecule has 0 aliphatic carbocycles. The molecule has 0 saturated carbocycles. The quantitative estimate of drug-likeness (QED) is 0.264. The number of nitrogens with one attached hydrogen (secondary N) is 2. The van der Waals surface area contributed by atoms with Crippen LogP contribution in [0.15, 0.2) is 28.6 Å². The van der Waals surface area contributed by atoms with Gasteiger partial charge in [-0.25, -0.2) is 4.98 Å². The molecule has 5 nitrogen and oxygen atoms in total. The molecule has 1 aromatic carbocycles. The zero-order valence-electron chi connectivity index (χ0n) is 15.2. The lowest BCUT2D eigenvalue weighted by Gasteiger charge is -2.14. The molecule has 2 rings (SSSR count). The molecule has 0 saturated heterocycles. The van der Waals surface area contributed by atoms with E-state index in [0.29, 0.717) is 24.1 Å². The van der Waals surface area contributed by atoms with E-state index in [-0.39, 0.29) is 30.5 Å². The monoisotopic (exact) mass is 514 g/mol. The van der Waals surface area contributed by atoms with Crippen LogP contribution >= 0.6 is 35.3 Å². The average molecular weight is 514 g/mol. The fourth-order valence-corrected chi connectivity index (χ4v) is 2.99. The smallest absolute Gasteiger partial charge is 0.434 e. The fraction of sp³-hybridized carbons (Fsp3) is 0.412. The largest absolute Gasteiger partial charge is 0.491 e. The number of hydrogen-bond acceptors (Lipinski definition) is 4. The summed E-state index contributed by atoms with van der Waals surface area (Å²) in [6.45, 7) is 5.07. The second-order valence-electron chi connectivity index (χ2n) is 5.55. The minimum Gasteiger partial charge on any atom is -0.491 e. The highest BCUT2D eigenvalue weighted by Crippen LogP contribution is 2.29. The molecule has 0 aliphatic heterocycles. The fourth-order valence-electron chi connectivity index (χ4n) is 2.25. The van der Waals surface area contributed by atoms with Gasteiger partial charge in [0.15, 0.2) is 11.7 Å². The van der Waals surface area contributed by atoms with Crippen LogP contribution in [0.1, 0.15) is 21.8 Å². The molecule has 0 amide bonds. The third-order valence-corrected chi connectivity index (χ3v) is 4.37. The van der Waals surface area contributed by atoms with E-state index in [2.05, 4.69) is 20.6 Å². The van der Waals surface area contributed by atoms with Gasteiger partial charge in [-0.15, -0.1) is 35.3 Å². The first-order chi connectivity index (χ1) is 12.3. The van der Waals surface area contributed by atoms with Gasteiger partial charge in [-0.1, -0.05) is 18.2 Å². The van der Waals surface area contributed by atoms with Gasteiger partial charge in [0, 0.05) is 12.4 Å². The standard InChI is InChI=1S/C17H21F3N4OS.HI/c1-11-5-4-6-12(2)15(11)25-8-7-22-16(21-3)23-9-14-24-13(10-26-14)17(18,19)20;/h4-6,10H,7-9H2,1-3H3,(H2,21,22,23);1H. The summed E-state index contributed by atoms with van der Waals surface area (Å²) < 4.78 is 43.4. The lowest BCUT2D eigenvalue weighted by molar-refractivity contribution is -0.140. The summed E-state index contributed by atoms with van der Waals surface area (Å²) in [5.74, 6) is 1.33. The highest BCUT2D eigenvalue weighted by molar-refractivity contribution is 14.0. The maximum atomic E-state index is 12.5. The van der Waals surface area contributed by atoms with Crippen LogP contribution in [0.5, 0.6) is 5.75 Å². The molecule has 1 heterocycles. The molecule has 0 fully saturated rings. The number of ether oxygens (including phenoxy) is 1. The molecular weight excluding hydrogens is 492 g/mol. The van der Waals surface area contributed by atoms with Gasteiger partial charge in [0.25, 0.3) is 0 Å². The van der Waals surface area contributed by atoms with Crippen molar-refractivity contribution in [1.29, 1.82) is 0 Å². The highest BCUT2D eigenvalue weighted by atomic mass is 127. The van der Waals surface area contributed by atoms with Crippen molar-refractivity contribution in [1.82, 2.24) is 15.6 Å². The van der Waals surface area contributed by atoms with Gasteiger partial charge >= 0.3 is 6.18 Å². The maximum absolute atomic E-state index is 12.5. The molecule has 0 radical (unpaired) electrons. The van der Waals surface area contributed by atoms with Crippen LogP contribution in [0.2, 0.25) is 0 Å². The van der Waals surface area contributed by atoms with Crippen LogP contribution in [0.4, 0.5) is 13.2 Å².